The average Bonchev–Trinajstić information content (AvgIpc) is 2.44. The molecule has 0 bridgehead atoms. The van der Waals surface area contributed by atoms with Crippen molar-refractivity contribution in [2.24, 2.45) is 0 Å². The number of carbonyl (C=O) groups excluding carboxylic acids is 2. The van der Waals surface area contributed by atoms with Crippen molar-refractivity contribution >= 4 is 23.8 Å². The van der Waals surface area contributed by atoms with Gasteiger partial charge in [0.05, 0.1) is 0 Å². The van der Waals surface area contributed by atoms with Crippen molar-refractivity contribution in [1.82, 2.24) is 0 Å². The first kappa shape index (κ1) is 15.1. The number of allylic oxidation sites excluding steroid dienone is 1. The van der Waals surface area contributed by atoms with Crippen LogP contribution < -0.4 is 5.32 Å². The first-order valence-electron chi connectivity index (χ1n) is 6.13. The molecule has 0 amide bonds. The lowest BCUT2D eigenvalue weighted by Crippen LogP contribution is -2.19. The number of ether oxygens (including phenoxy) is 1. The van der Waals surface area contributed by atoms with Gasteiger partial charge in [0.15, 0.2) is 5.78 Å². The molecule has 1 atom stereocenters. The van der Waals surface area contributed by atoms with Crippen LogP contribution in [0, 0.1) is 0 Å². The maximum absolute atomic E-state index is 12.1. The lowest BCUT2D eigenvalue weighted by Gasteiger charge is -2.17. The highest BCUT2D eigenvalue weighted by Gasteiger charge is 2.14. The Bertz CT molecular complexity index is 480. The van der Waals surface area contributed by atoms with Gasteiger partial charge in [-0.3, -0.25) is 9.59 Å². The number of nitrogens with one attached hydrogen (secondary N) is 1. The number of benzene rings is 1. The first-order chi connectivity index (χ1) is 9.13. The normalized spacial score (nSPS) is 12.4. The summed E-state index contributed by atoms with van der Waals surface area (Å²) in [7, 11) is 1.59. The van der Waals surface area contributed by atoms with E-state index in [9.17, 15) is 9.59 Å². The van der Waals surface area contributed by atoms with E-state index >= 15 is 0 Å². The van der Waals surface area contributed by atoms with Crippen LogP contribution in [0.4, 0.5) is 5.69 Å². The quantitative estimate of drug-likeness (QED) is 0.465. The summed E-state index contributed by atoms with van der Waals surface area (Å²) in [5.74, 6) is 0.0111. The van der Waals surface area contributed by atoms with Crippen LogP contribution in [0.3, 0.4) is 0 Å². The Kier molecular flexibility index (Phi) is 5.96. The highest BCUT2D eigenvalue weighted by molar-refractivity contribution is 6.04. The molecule has 0 aliphatic rings. The molecule has 0 aliphatic carbocycles. The Morgan fingerprint density at radius 1 is 1.53 bits per heavy atom. The molecule has 0 aromatic heterocycles. The standard InChI is InChI=1S/C15H18NO3/c1-4-14(18)15-12(8-6-10-17)7-5-9-13(15)16-11(2)19-3/h5-9,11,16H,4H2,1-3H3/b8-6+. The van der Waals surface area contributed by atoms with Gasteiger partial charge in [-0.05, 0) is 24.6 Å². The van der Waals surface area contributed by atoms with E-state index in [0.717, 1.165) is 0 Å². The molecule has 0 aliphatic heterocycles. The molecule has 0 fully saturated rings. The number of hydrogen-bond acceptors (Lipinski definition) is 4. The molecule has 101 valence electrons. The summed E-state index contributed by atoms with van der Waals surface area (Å²) >= 11 is 0. The Hall–Kier alpha value is -1.94. The molecule has 0 saturated heterocycles. The van der Waals surface area contributed by atoms with Crippen molar-refractivity contribution in [3.05, 3.63) is 35.4 Å². The summed E-state index contributed by atoms with van der Waals surface area (Å²) in [4.78, 5) is 22.4. The summed E-state index contributed by atoms with van der Waals surface area (Å²) in [5, 5.41) is 3.12. The molecule has 0 spiro atoms. The highest BCUT2D eigenvalue weighted by atomic mass is 16.5. The Morgan fingerprint density at radius 2 is 2.26 bits per heavy atom. The number of Topliss-reactive ketones (excluding diaryl/α,β-unsaturated/α-hetero) is 1. The molecule has 1 unspecified atom stereocenters. The van der Waals surface area contributed by atoms with E-state index in [4.69, 9.17) is 4.74 Å². The number of ketones is 1. The SMILES string of the molecule is CCC(=O)c1c(/C=C/[C]=O)cccc1NC(C)OC. The van der Waals surface area contributed by atoms with Gasteiger partial charge in [0.1, 0.15) is 6.23 Å². The molecule has 1 N–H and O–H groups in total. The van der Waals surface area contributed by atoms with E-state index in [1.807, 2.05) is 19.1 Å². The summed E-state index contributed by atoms with van der Waals surface area (Å²) in [6.07, 6.45) is 4.71. The minimum atomic E-state index is -0.208. The topological polar surface area (TPSA) is 55.4 Å². The van der Waals surface area contributed by atoms with Gasteiger partial charge >= 0.3 is 0 Å². The second-order valence-corrected chi connectivity index (χ2v) is 4.02. The Morgan fingerprint density at radius 3 is 2.84 bits per heavy atom. The Balaban J connectivity index is 3.25. The zero-order valence-corrected chi connectivity index (χ0v) is 11.4. The van der Waals surface area contributed by atoms with Crippen molar-refractivity contribution < 1.29 is 14.3 Å². The third kappa shape index (κ3) is 4.03. The van der Waals surface area contributed by atoms with E-state index in [1.165, 1.54) is 6.08 Å². The van der Waals surface area contributed by atoms with Gasteiger partial charge in [-0.15, -0.1) is 0 Å². The molecule has 1 aromatic carbocycles. The lowest BCUT2D eigenvalue weighted by molar-refractivity contribution is 0.0988. The molecule has 4 nitrogen and oxygen atoms in total. The van der Waals surface area contributed by atoms with Crippen LogP contribution in [0.5, 0.6) is 0 Å². The van der Waals surface area contributed by atoms with Crippen LogP contribution in [0.25, 0.3) is 6.08 Å². The molecule has 0 heterocycles. The van der Waals surface area contributed by atoms with Gasteiger partial charge < -0.3 is 10.1 Å². The minimum Gasteiger partial charge on any atom is -0.362 e. The highest BCUT2D eigenvalue weighted by Crippen LogP contribution is 2.24. The summed E-state index contributed by atoms with van der Waals surface area (Å²) in [6.45, 7) is 3.65. The summed E-state index contributed by atoms with van der Waals surface area (Å²) < 4.78 is 5.14. The number of hydrogen-bond donors (Lipinski definition) is 1. The van der Waals surface area contributed by atoms with Gasteiger partial charge in [-0.2, -0.15) is 0 Å². The van der Waals surface area contributed by atoms with Crippen molar-refractivity contribution in [2.45, 2.75) is 26.5 Å². The monoisotopic (exact) mass is 260 g/mol. The fourth-order valence-electron chi connectivity index (χ4n) is 1.72. The van der Waals surface area contributed by atoms with E-state index in [1.54, 1.807) is 32.5 Å². The van der Waals surface area contributed by atoms with Gasteiger partial charge in [0, 0.05) is 24.8 Å². The van der Waals surface area contributed by atoms with Crippen molar-refractivity contribution in [1.29, 1.82) is 0 Å². The number of anilines is 1. The van der Waals surface area contributed by atoms with Crippen molar-refractivity contribution in [3.63, 3.8) is 0 Å². The zero-order valence-electron chi connectivity index (χ0n) is 11.4. The predicted molar refractivity (Wildman–Crippen MR) is 75.9 cm³/mol. The second-order valence-electron chi connectivity index (χ2n) is 4.02. The fraction of sp³-hybridized carbons (Fsp3) is 0.333. The largest absolute Gasteiger partial charge is 0.362 e. The van der Waals surface area contributed by atoms with Crippen LogP contribution >= 0.6 is 0 Å². The number of rotatable bonds is 7. The molecular weight excluding hydrogens is 242 g/mol. The molecule has 1 radical (unpaired) electrons. The van der Waals surface area contributed by atoms with Crippen LogP contribution in [-0.2, 0) is 9.53 Å². The number of carbonyl (C=O) groups is 1. The van der Waals surface area contributed by atoms with Gasteiger partial charge in [-0.1, -0.05) is 25.1 Å². The smallest absolute Gasteiger partial charge is 0.225 e. The second kappa shape index (κ2) is 7.48. The molecule has 19 heavy (non-hydrogen) atoms. The molecule has 1 aromatic rings. The van der Waals surface area contributed by atoms with E-state index in [0.29, 0.717) is 23.2 Å². The fourth-order valence-corrected chi connectivity index (χ4v) is 1.72. The summed E-state index contributed by atoms with van der Waals surface area (Å²) in [6, 6.07) is 5.43. The molecule has 0 saturated carbocycles. The zero-order chi connectivity index (χ0) is 14.3. The molecule has 4 heteroatoms. The predicted octanol–water partition coefficient (Wildman–Crippen LogP) is 2.81. The van der Waals surface area contributed by atoms with Gasteiger partial charge in [0.25, 0.3) is 0 Å². The third-order valence-electron chi connectivity index (χ3n) is 2.74. The van der Waals surface area contributed by atoms with E-state index in [2.05, 4.69) is 5.32 Å². The van der Waals surface area contributed by atoms with Crippen molar-refractivity contribution in [3.8, 4) is 0 Å². The minimum absolute atomic E-state index is 0.0111. The Labute approximate surface area is 113 Å². The average molecular weight is 260 g/mol. The van der Waals surface area contributed by atoms with Crippen LogP contribution in [0.1, 0.15) is 36.2 Å². The number of methoxy groups -OCH3 is 1. The third-order valence-corrected chi connectivity index (χ3v) is 2.74. The van der Waals surface area contributed by atoms with E-state index < -0.39 is 0 Å². The maximum Gasteiger partial charge on any atom is 0.225 e. The van der Waals surface area contributed by atoms with Crippen LogP contribution in [0.15, 0.2) is 24.3 Å². The van der Waals surface area contributed by atoms with Crippen molar-refractivity contribution in [2.75, 3.05) is 12.4 Å². The molecule has 1 rings (SSSR count). The van der Waals surface area contributed by atoms with Gasteiger partial charge in [0.2, 0.25) is 6.29 Å². The van der Waals surface area contributed by atoms with Crippen LogP contribution in [0.2, 0.25) is 0 Å². The molecular formula is C15H18NO3. The van der Waals surface area contributed by atoms with Gasteiger partial charge in [-0.25, -0.2) is 0 Å². The summed E-state index contributed by atoms with van der Waals surface area (Å²) in [5.41, 5.74) is 1.97. The maximum atomic E-state index is 12.1. The lowest BCUT2D eigenvalue weighted by atomic mass is 9.99. The first-order valence-corrected chi connectivity index (χ1v) is 6.13. The van der Waals surface area contributed by atoms with Crippen LogP contribution in [-0.4, -0.2) is 25.4 Å². The van der Waals surface area contributed by atoms with E-state index in [-0.39, 0.29) is 12.0 Å².